The number of carbonyl (C=O) groups excluding carboxylic acids is 2. The van der Waals surface area contributed by atoms with Crippen LogP contribution in [-0.2, 0) is 15.2 Å². The van der Waals surface area contributed by atoms with E-state index in [4.69, 9.17) is 9.47 Å². The number of hydrogen-bond donors (Lipinski definition) is 1. The highest BCUT2D eigenvalue weighted by Crippen LogP contribution is 2.42. The number of ether oxygens (including phenoxy) is 2. The maximum Gasteiger partial charge on any atom is 0.264 e. The first-order chi connectivity index (χ1) is 13.0. The van der Waals surface area contributed by atoms with E-state index in [-0.39, 0.29) is 12.2 Å². The average Bonchev–Trinajstić information content (AvgIpc) is 2.86. The Kier molecular flexibility index (Phi) is 5.46. The van der Waals surface area contributed by atoms with Gasteiger partial charge < -0.3 is 19.5 Å². The molecule has 142 valence electrons. The predicted molar refractivity (Wildman–Crippen MR) is 101 cm³/mol. The third-order valence-electron chi connectivity index (χ3n) is 4.60. The van der Waals surface area contributed by atoms with Crippen LogP contribution in [0.25, 0.3) is 0 Å². The summed E-state index contributed by atoms with van der Waals surface area (Å²) in [5, 5.41) is 10.9. The van der Waals surface area contributed by atoms with E-state index in [1.54, 1.807) is 25.3 Å². The Morgan fingerprint density at radius 1 is 1.11 bits per heavy atom. The summed E-state index contributed by atoms with van der Waals surface area (Å²) in [5.41, 5.74) is -0.661. The number of aliphatic hydroxyl groups is 1. The summed E-state index contributed by atoms with van der Waals surface area (Å²) in [6, 6.07) is 14.4. The van der Waals surface area contributed by atoms with Crippen molar-refractivity contribution in [1.82, 2.24) is 0 Å². The van der Waals surface area contributed by atoms with Gasteiger partial charge in [0.15, 0.2) is 17.1 Å². The van der Waals surface area contributed by atoms with Crippen LogP contribution in [0.4, 0.5) is 5.69 Å². The van der Waals surface area contributed by atoms with E-state index in [0.717, 1.165) is 0 Å². The number of para-hydroxylation sites is 3. The molecule has 3 rings (SSSR count). The van der Waals surface area contributed by atoms with Crippen molar-refractivity contribution in [2.24, 2.45) is 0 Å². The maximum absolute atomic E-state index is 12.8. The summed E-state index contributed by atoms with van der Waals surface area (Å²) >= 11 is 0. The molecule has 0 bridgehead atoms. The van der Waals surface area contributed by atoms with E-state index < -0.39 is 11.5 Å². The summed E-state index contributed by atoms with van der Waals surface area (Å²) in [6.07, 6.45) is 0.339. The minimum absolute atomic E-state index is 0.225. The van der Waals surface area contributed by atoms with E-state index in [0.29, 0.717) is 42.3 Å². The minimum atomic E-state index is -1.79. The zero-order valence-corrected chi connectivity index (χ0v) is 15.5. The van der Waals surface area contributed by atoms with Gasteiger partial charge in [-0.25, -0.2) is 0 Å². The lowest BCUT2D eigenvalue weighted by Crippen LogP contribution is -2.42. The number of nitrogens with zero attached hydrogens (tertiary/aromatic N) is 1. The van der Waals surface area contributed by atoms with Gasteiger partial charge in [0.25, 0.3) is 5.91 Å². The molecule has 0 aliphatic carbocycles. The molecule has 1 heterocycles. The van der Waals surface area contributed by atoms with Gasteiger partial charge in [-0.1, -0.05) is 30.3 Å². The normalized spacial score (nSPS) is 18.3. The molecule has 1 atom stereocenters. The fourth-order valence-electron chi connectivity index (χ4n) is 3.40. The maximum atomic E-state index is 12.8. The Bertz CT molecular complexity index is 850. The van der Waals surface area contributed by atoms with Crippen LogP contribution in [0, 0.1) is 0 Å². The van der Waals surface area contributed by atoms with Crippen LogP contribution in [0.2, 0.25) is 0 Å². The largest absolute Gasteiger partial charge is 0.493 e. The molecular formula is C21H23NO5. The van der Waals surface area contributed by atoms with Crippen LogP contribution in [-0.4, -0.2) is 37.1 Å². The van der Waals surface area contributed by atoms with Gasteiger partial charge >= 0.3 is 0 Å². The first-order valence-electron chi connectivity index (χ1n) is 8.86. The monoisotopic (exact) mass is 369 g/mol. The zero-order valence-electron chi connectivity index (χ0n) is 15.5. The number of rotatable bonds is 8. The number of benzene rings is 2. The molecule has 0 saturated carbocycles. The van der Waals surface area contributed by atoms with Gasteiger partial charge in [0, 0.05) is 18.5 Å². The first kappa shape index (κ1) is 18.9. The van der Waals surface area contributed by atoms with Gasteiger partial charge in [0.05, 0.1) is 19.4 Å². The number of amides is 1. The second-order valence-corrected chi connectivity index (χ2v) is 6.57. The topological polar surface area (TPSA) is 76.1 Å². The summed E-state index contributed by atoms with van der Waals surface area (Å²) < 4.78 is 11.0. The lowest BCUT2D eigenvalue weighted by molar-refractivity contribution is -0.141. The van der Waals surface area contributed by atoms with Crippen molar-refractivity contribution in [3.63, 3.8) is 0 Å². The number of ketones is 1. The van der Waals surface area contributed by atoms with E-state index >= 15 is 0 Å². The highest BCUT2D eigenvalue weighted by atomic mass is 16.5. The molecule has 6 heteroatoms. The van der Waals surface area contributed by atoms with Gasteiger partial charge in [0.2, 0.25) is 0 Å². The third kappa shape index (κ3) is 3.66. The molecule has 1 amide bonds. The molecule has 1 N–H and O–H groups in total. The first-order valence-corrected chi connectivity index (χ1v) is 8.86. The fourth-order valence-corrected chi connectivity index (χ4v) is 3.40. The molecule has 2 aromatic rings. The highest BCUT2D eigenvalue weighted by molar-refractivity contribution is 6.08. The highest BCUT2D eigenvalue weighted by Gasteiger charge is 2.49. The number of anilines is 1. The standard InChI is InChI=1S/C21H23NO5/c1-15(23)14-21(25)16-8-3-4-9-17(16)22(20(21)24)12-7-13-27-19-11-6-5-10-18(19)26-2/h3-6,8-11,25H,7,12-14H2,1-2H3. The van der Waals surface area contributed by atoms with Gasteiger partial charge in [-0.15, -0.1) is 0 Å². The predicted octanol–water partition coefficient (Wildman–Crippen LogP) is 2.68. The lowest BCUT2D eigenvalue weighted by atomic mass is 9.90. The van der Waals surface area contributed by atoms with Crippen molar-refractivity contribution in [3.8, 4) is 11.5 Å². The summed E-state index contributed by atoms with van der Waals surface area (Å²) in [4.78, 5) is 26.0. The van der Waals surface area contributed by atoms with Gasteiger partial charge in [0.1, 0.15) is 5.78 Å². The molecule has 1 unspecified atom stereocenters. The number of methoxy groups -OCH3 is 1. The molecule has 6 nitrogen and oxygen atoms in total. The van der Waals surface area contributed by atoms with Crippen molar-refractivity contribution in [2.45, 2.75) is 25.4 Å². The molecule has 1 aliphatic rings. The van der Waals surface area contributed by atoms with Gasteiger partial charge in [-0.05, 0) is 31.5 Å². The molecule has 0 saturated heterocycles. The Labute approximate surface area is 158 Å². The van der Waals surface area contributed by atoms with Crippen molar-refractivity contribution >= 4 is 17.4 Å². The number of hydrogen-bond acceptors (Lipinski definition) is 5. The van der Waals surface area contributed by atoms with Crippen molar-refractivity contribution in [2.75, 3.05) is 25.2 Å². The second-order valence-electron chi connectivity index (χ2n) is 6.57. The van der Waals surface area contributed by atoms with Crippen molar-refractivity contribution in [1.29, 1.82) is 0 Å². The molecule has 0 fully saturated rings. The van der Waals surface area contributed by atoms with E-state index in [1.807, 2.05) is 30.3 Å². The Morgan fingerprint density at radius 3 is 2.48 bits per heavy atom. The summed E-state index contributed by atoms with van der Waals surface area (Å²) in [6.45, 7) is 2.14. The minimum Gasteiger partial charge on any atom is -0.493 e. The molecule has 0 aromatic heterocycles. The molecule has 0 radical (unpaired) electrons. The lowest BCUT2D eigenvalue weighted by Gasteiger charge is -2.22. The van der Waals surface area contributed by atoms with E-state index in [1.165, 1.54) is 11.8 Å². The fraction of sp³-hybridized carbons (Fsp3) is 0.333. The smallest absolute Gasteiger partial charge is 0.264 e. The summed E-state index contributed by atoms with van der Waals surface area (Å²) in [7, 11) is 1.58. The van der Waals surface area contributed by atoms with Gasteiger partial charge in [-0.2, -0.15) is 0 Å². The Hall–Kier alpha value is -2.86. The number of fused-ring (bicyclic) bond motifs is 1. The van der Waals surface area contributed by atoms with Crippen molar-refractivity contribution in [3.05, 3.63) is 54.1 Å². The number of carbonyl (C=O) groups is 2. The molecule has 2 aromatic carbocycles. The van der Waals surface area contributed by atoms with Crippen LogP contribution in [0.1, 0.15) is 25.3 Å². The van der Waals surface area contributed by atoms with Gasteiger partial charge in [-0.3, -0.25) is 9.59 Å². The Balaban J connectivity index is 1.68. The molecular weight excluding hydrogens is 346 g/mol. The molecule has 1 aliphatic heterocycles. The van der Waals surface area contributed by atoms with Crippen molar-refractivity contribution < 1.29 is 24.2 Å². The van der Waals surface area contributed by atoms with E-state index in [9.17, 15) is 14.7 Å². The van der Waals surface area contributed by atoms with Crippen LogP contribution < -0.4 is 14.4 Å². The third-order valence-corrected chi connectivity index (χ3v) is 4.60. The summed E-state index contributed by atoms with van der Waals surface area (Å²) in [5.74, 6) is 0.593. The average molecular weight is 369 g/mol. The van der Waals surface area contributed by atoms with Crippen LogP contribution in [0.15, 0.2) is 48.5 Å². The Morgan fingerprint density at radius 2 is 1.78 bits per heavy atom. The van der Waals surface area contributed by atoms with E-state index in [2.05, 4.69) is 0 Å². The molecule has 27 heavy (non-hydrogen) atoms. The van der Waals surface area contributed by atoms with Crippen LogP contribution in [0.3, 0.4) is 0 Å². The van der Waals surface area contributed by atoms with Crippen LogP contribution in [0.5, 0.6) is 11.5 Å². The molecule has 0 spiro atoms. The number of Topliss-reactive ketones (excluding diaryl/α,β-unsaturated/α-hetero) is 1. The SMILES string of the molecule is COc1ccccc1OCCCN1C(=O)C(O)(CC(C)=O)c2ccccc21. The zero-order chi connectivity index (χ0) is 19.4. The quantitative estimate of drug-likeness (QED) is 0.724. The van der Waals surface area contributed by atoms with Crippen LogP contribution >= 0.6 is 0 Å². The second kappa shape index (κ2) is 7.80.